The molecule has 1 unspecified atom stereocenters. The SMILES string of the molecule is C=CC1(COc2ccccc2)c2cc(OC)c(OC)cc2CCN1[N+](=O)[O-]. The maximum absolute atomic E-state index is 11.8. The van der Waals surface area contributed by atoms with Crippen LogP contribution in [0.3, 0.4) is 0 Å². The molecule has 0 saturated carbocycles. The second-order valence-corrected chi connectivity index (χ2v) is 6.21. The minimum Gasteiger partial charge on any atom is -0.493 e. The Morgan fingerprint density at radius 3 is 2.48 bits per heavy atom. The highest BCUT2D eigenvalue weighted by Crippen LogP contribution is 2.42. The third kappa shape index (κ3) is 3.28. The molecule has 0 radical (unpaired) electrons. The molecule has 27 heavy (non-hydrogen) atoms. The summed E-state index contributed by atoms with van der Waals surface area (Å²) in [6.07, 6.45) is 2.08. The van der Waals surface area contributed by atoms with E-state index in [-0.39, 0.29) is 13.2 Å². The van der Waals surface area contributed by atoms with Crippen molar-refractivity contribution >= 4 is 0 Å². The Hall–Kier alpha value is -3.22. The van der Waals surface area contributed by atoms with Crippen LogP contribution in [0.15, 0.2) is 55.1 Å². The summed E-state index contributed by atoms with van der Waals surface area (Å²) in [5, 5.41) is 12.6. The van der Waals surface area contributed by atoms with Crippen molar-refractivity contribution in [2.24, 2.45) is 0 Å². The summed E-state index contributed by atoms with van der Waals surface area (Å²) in [4.78, 5) is 11.8. The molecule has 0 saturated heterocycles. The average molecular weight is 370 g/mol. The third-order valence-corrected chi connectivity index (χ3v) is 4.87. The molecule has 0 spiro atoms. The van der Waals surface area contributed by atoms with E-state index in [1.165, 1.54) is 12.1 Å². The normalized spacial score (nSPS) is 18.4. The molecule has 7 nitrogen and oxygen atoms in total. The molecule has 7 heteroatoms. The van der Waals surface area contributed by atoms with Crippen LogP contribution in [0.5, 0.6) is 17.2 Å². The minimum atomic E-state index is -1.13. The fraction of sp³-hybridized carbons (Fsp3) is 0.300. The second-order valence-electron chi connectivity index (χ2n) is 6.21. The molecule has 1 aliphatic heterocycles. The minimum absolute atomic E-state index is 0.0456. The van der Waals surface area contributed by atoms with Gasteiger partial charge in [0, 0.05) is 0 Å². The molecular formula is C20H22N2O5. The third-order valence-electron chi connectivity index (χ3n) is 4.87. The number of hydrogen-bond donors (Lipinski definition) is 0. The molecule has 142 valence electrons. The molecule has 0 amide bonds. The number of benzene rings is 2. The second kappa shape index (κ2) is 7.57. The van der Waals surface area contributed by atoms with Gasteiger partial charge in [0.15, 0.2) is 22.1 Å². The van der Waals surface area contributed by atoms with Crippen molar-refractivity contribution in [2.45, 2.75) is 12.0 Å². The van der Waals surface area contributed by atoms with Crippen molar-refractivity contribution in [3.8, 4) is 17.2 Å². The molecule has 1 atom stereocenters. The van der Waals surface area contributed by atoms with Crippen molar-refractivity contribution in [1.82, 2.24) is 5.01 Å². The first-order chi connectivity index (χ1) is 13.1. The lowest BCUT2D eigenvalue weighted by atomic mass is 9.81. The Balaban J connectivity index is 2.10. The number of fused-ring (bicyclic) bond motifs is 1. The first kappa shape index (κ1) is 18.6. The number of ether oxygens (including phenoxy) is 3. The van der Waals surface area contributed by atoms with Gasteiger partial charge < -0.3 is 14.2 Å². The molecule has 1 aliphatic rings. The zero-order valence-corrected chi connectivity index (χ0v) is 15.4. The molecule has 0 N–H and O–H groups in total. The highest BCUT2D eigenvalue weighted by molar-refractivity contribution is 5.52. The van der Waals surface area contributed by atoms with Gasteiger partial charge in [0.1, 0.15) is 12.4 Å². The summed E-state index contributed by atoms with van der Waals surface area (Å²) in [5.74, 6) is 1.73. The maximum Gasteiger partial charge on any atom is 0.177 e. The van der Waals surface area contributed by atoms with E-state index < -0.39 is 10.6 Å². The van der Waals surface area contributed by atoms with Crippen LogP contribution in [0.25, 0.3) is 0 Å². The van der Waals surface area contributed by atoms with Crippen LogP contribution in [-0.4, -0.2) is 37.4 Å². The summed E-state index contributed by atoms with van der Waals surface area (Å²) in [7, 11) is 3.10. The lowest BCUT2D eigenvalue weighted by molar-refractivity contribution is -0.676. The van der Waals surface area contributed by atoms with E-state index >= 15 is 0 Å². The van der Waals surface area contributed by atoms with Gasteiger partial charge in [-0.05, 0) is 41.8 Å². The zero-order valence-electron chi connectivity index (χ0n) is 15.4. The van der Waals surface area contributed by atoms with Crippen LogP contribution in [0, 0.1) is 10.1 Å². The number of nitrogens with zero attached hydrogens (tertiary/aromatic N) is 2. The summed E-state index contributed by atoms with van der Waals surface area (Å²) < 4.78 is 16.7. The van der Waals surface area contributed by atoms with Crippen molar-refractivity contribution in [1.29, 1.82) is 0 Å². The van der Waals surface area contributed by atoms with Crippen LogP contribution in [0.2, 0.25) is 0 Å². The summed E-state index contributed by atoms with van der Waals surface area (Å²) >= 11 is 0. The standard InChI is InChI=1S/C20H22N2O5/c1-4-20(14-27-16-8-6-5-7-9-16)17-13-19(26-3)18(25-2)12-15(17)10-11-21(20)22(23)24/h4-9,12-13H,1,10-11,14H2,2-3H3. The predicted molar refractivity (Wildman–Crippen MR) is 101 cm³/mol. The lowest BCUT2D eigenvalue weighted by Crippen LogP contribution is -2.55. The van der Waals surface area contributed by atoms with Gasteiger partial charge in [-0.3, -0.25) is 0 Å². The van der Waals surface area contributed by atoms with Crippen molar-refractivity contribution in [3.63, 3.8) is 0 Å². The van der Waals surface area contributed by atoms with Gasteiger partial charge >= 0.3 is 0 Å². The van der Waals surface area contributed by atoms with E-state index in [1.807, 2.05) is 36.4 Å². The van der Waals surface area contributed by atoms with Crippen LogP contribution in [0.4, 0.5) is 0 Å². The summed E-state index contributed by atoms with van der Waals surface area (Å²) in [6.45, 7) is 4.18. The first-order valence-corrected chi connectivity index (χ1v) is 8.54. The number of para-hydroxylation sites is 1. The van der Waals surface area contributed by atoms with Gasteiger partial charge in [0.2, 0.25) is 0 Å². The quantitative estimate of drug-likeness (QED) is 0.423. The molecule has 2 aromatic rings. The predicted octanol–water partition coefficient (Wildman–Crippen LogP) is 3.21. The van der Waals surface area contributed by atoms with E-state index in [4.69, 9.17) is 14.2 Å². The molecule has 0 fully saturated rings. The van der Waals surface area contributed by atoms with Crippen molar-refractivity contribution < 1.29 is 19.2 Å². The smallest absolute Gasteiger partial charge is 0.177 e. The van der Waals surface area contributed by atoms with Gasteiger partial charge in [-0.1, -0.05) is 24.3 Å². The van der Waals surface area contributed by atoms with Crippen molar-refractivity contribution in [2.75, 3.05) is 27.4 Å². The number of nitro groups is 1. The molecule has 1 heterocycles. The summed E-state index contributed by atoms with van der Waals surface area (Å²) in [6, 6.07) is 12.9. The molecular weight excluding hydrogens is 348 g/mol. The Kier molecular flexibility index (Phi) is 5.21. The molecule has 0 aromatic heterocycles. The van der Waals surface area contributed by atoms with Crippen LogP contribution < -0.4 is 14.2 Å². The Morgan fingerprint density at radius 1 is 1.22 bits per heavy atom. The fourth-order valence-corrected chi connectivity index (χ4v) is 3.46. The molecule has 0 bridgehead atoms. The number of hydrazine groups is 1. The van der Waals surface area contributed by atoms with Gasteiger partial charge in [-0.15, -0.1) is 11.6 Å². The first-order valence-electron chi connectivity index (χ1n) is 8.54. The number of rotatable bonds is 7. The average Bonchev–Trinajstić information content (AvgIpc) is 2.71. The van der Waals surface area contributed by atoms with Gasteiger partial charge in [0.25, 0.3) is 0 Å². The van der Waals surface area contributed by atoms with Gasteiger partial charge in [-0.2, -0.15) is 0 Å². The molecule has 0 aliphatic carbocycles. The Bertz CT molecular complexity index is 840. The Labute approximate surface area is 157 Å². The monoisotopic (exact) mass is 370 g/mol. The van der Waals surface area contributed by atoms with E-state index in [1.54, 1.807) is 19.3 Å². The van der Waals surface area contributed by atoms with E-state index in [9.17, 15) is 10.1 Å². The fourth-order valence-electron chi connectivity index (χ4n) is 3.46. The molecule has 2 aromatic carbocycles. The highest BCUT2D eigenvalue weighted by atomic mass is 16.7. The maximum atomic E-state index is 11.8. The lowest BCUT2D eigenvalue weighted by Gasteiger charge is -2.40. The van der Waals surface area contributed by atoms with Crippen LogP contribution in [0.1, 0.15) is 11.1 Å². The largest absolute Gasteiger partial charge is 0.493 e. The summed E-state index contributed by atoms with van der Waals surface area (Å²) in [5.41, 5.74) is 0.545. The number of hydrogen-bond acceptors (Lipinski definition) is 5. The van der Waals surface area contributed by atoms with Gasteiger partial charge in [-0.25, -0.2) is 10.1 Å². The van der Waals surface area contributed by atoms with Crippen molar-refractivity contribution in [3.05, 3.63) is 76.4 Å². The highest BCUT2D eigenvalue weighted by Gasteiger charge is 2.48. The van der Waals surface area contributed by atoms with Gasteiger partial charge in [0.05, 0.1) is 20.8 Å². The Morgan fingerprint density at radius 2 is 1.89 bits per heavy atom. The number of methoxy groups -OCH3 is 2. The van der Waals surface area contributed by atoms with Crippen LogP contribution in [-0.2, 0) is 12.0 Å². The van der Waals surface area contributed by atoms with E-state index in [2.05, 4.69) is 6.58 Å². The zero-order chi connectivity index (χ0) is 19.4. The molecule has 3 rings (SSSR count). The van der Waals surface area contributed by atoms with E-state index in [0.717, 1.165) is 11.1 Å². The van der Waals surface area contributed by atoms with Crippen LogP contribution >= 0.6 is 0 Å². The topological polar surface area (TPSA) is 74.1 Å². The van der Waals surface area contributed by atoms with E-state index in [0.29, 0.717) is 23.7 Å².